The van der Waals surface area contributed by atoms with E-state index in [0.717, 1.165) is 11.1 Å². The van der Waals surface area contributed by atoms with Crippen LogP contribution in [0.5, 0.6) is 0 Å². The average molecular weight is 435 g/mol. The molecule has 4 nitrogen and oxygen atoms in total. The van der Waals surface area contributed by atoms with Crippen molar-refractivity contribution in [1.82, 2.24) is 9.88 Å². The van der Waals surface area contributed by atoms with E-state index in [0.29, 0.717) is 42.3 Å². The number of nitrogens with zero attached hydrogens (tertiary/aromatic N) is 2. The van der Waals surface area contributed by atoms with Crippen molar-refractivity contribution < 1.29 is 14.0 Å². The fourth-order valence-corrected chi connectivity index (χ4v) is 4.70. The van der Waals surface area contributed by atoms with Gasteiger partial charge in [0.05, 0.1) is 5.56 Å². The quantitative estimate of drug-likeness (QED) is 0.393. The van der Waals surface area contributed by atoms with Gasteiger partial charge in [0.2, 0.25) is 0 Å². The highest BCUT2D eigenvalue weighted by Gasteiger charge is 2.29. The van der Waals surface area contributed by atoms with E-state index in [4.69, 9.17) is 0 Å². The molecule has 1 aliphatic heterocycles. The maximum atomic E-state index is 13.2. The largest absolute Gasteiger partial charge is 0.339 e. The number of Topliss-reactive ketones (excluding diaryl/α,β-unsaturated/α-hetero) is 1. The monoisotopic (exact) mass is 434 g/mol. The van der Waals surface area contributed by atoms with Crippen LogP contribution in [0.25, 0.3) is 0 Å². The molecule has 0 unspecified atom stereocenters. The summed E-state index contributed by atoms with van der Waals surface area (Å²) in [6, 6.07) is 19.2. The lowest BCUT2D eigenvalue weighted by Crippen LogP contribution is -2.40. The van der Waals surface area contributed by atoms with Crippen molar-refractivity contribution in [1.29, 1.82) is 0 Å². The molecular formula is C25H23FN2O2S. The highest BCUT2D eigenvalue weighted by molar-refractivity contribution is 7.98. The summed E-state index contributed by atoms with van der Waals surface area (Å²) < 4.78 is 13.1. The summed E-state index contributed by atoms with van der Waals surface area (Å²) in [5, 5.41) is 0.666. The molecule has 0 spiro atoms. The second-order valence-corrected chi connectivity index (χ2v) is 8.53. The number of ketones is 1. The highest BCUT2D eigenvalue weighted by Crippen LogP contribution is 2.28. The molecule has 6 heteroatoms. The van der Waals surface area contributed by atoms with Crippen LogP contribution in [0.1, 0.15) is 39.1 Å². The first-order chi connectivity index (χ1) is 15.1. The van der Waals surface area contributed by atoms with Crippen LogP contribution >= 0.6 is 11.8 Å². The number of hydrogen-bond acceptors (Lipinski definition) is 4. The number of benzene rings is 2. The molecule has 1 fully saturated rings. The average Bonchev–Trinajstić information content (AvgIpc) is 2.83. The summed E-state index contributed by atoms with van der Waals surface area (Å²) in [6.45, 7) is 1.11. The second-order valence-electron chi connectivity index (χ2n) is 7.57. The van der Waals surface area contributed by atoms with Crippen LogP contribution in [0.2, 0.25) is 0 Å². The molecule has 0 bridgehead atoms. The molecular weight excluding hydrogens is 411 g/mol. The first kappa shape index (κ1) is 21.2. The third-order valence-electron chi connectivity index (χ3n) is 5.50. The number of pyridine rings is 1. The zero-order chi connectivity index (χ0) is 21.6. The molecule has 3 aromatic rings. The molecule has 2 heterocycles. The normalized spacial score (nSPS) is 14.4. The summed E-state index contributed by atoms with van der Waals surface area (Å²) in [5.74, 6) is 0.389. The number of rotatable bonds is 6. The molecule has 4 rings (SSSR count). The van der Waals surface area contributed by atoms with Crippen LogP contribution < -0.4 is 0 Å². The molecule has 0 radical (unpaired) electrons. The van der Waals surface area contributed by atoms with Gasteiger partial charge in [0.25, 0.3) is 5.91 Å². The lowest BCUT2D eigenvalue weighted by atomic mass is 9.88. The second kappa shape index (κ2) is 9.88. The van der Waals surface area contributed by atoms with Crippen LogP contribution in [0.3, 0.4) is 0 Å². The number of carbonyl (C=O) groups is 2. The Kier molecular flexibility index (Phi) is 6.77. The minimum absolute atomic E-state index is 0.0485. The number of hydrogen-bond donors (Lipinski definition) is 0. The summed E-state index contributed by atoms with van der Waals surface area (Å²) in [5.41, 5.74) is 2.28. The van der Waals surface area contributed by atoms with Crippen LogP contribution in [-0.4, -0.2) is 34.7 Å². The number of halogens is 1. The lowest BCUT2D eigenvalue weighted by Gasteiger charge is -2.31. The molecule has 0 N–H and O–H groups in total. The van der Waals surface area contributed by atoms with Gasteiger partial charge in [-0.3, -0.25) is 9.59 Å². The van der Waals surface area contributed by atoms with Crippen molar-refractivity contribution in [3.63, 3.8) is 0 Å². The van der Waals surface area contributed by atoms with Gasteiger partial charge in [-0.15, -0.1) is 11.8 Å². The Hall–Kier alpha value is -2.99. The summed E-state index contributed by atoms with van der Waals surface area (Å²) >= 11 is 1.47. The summed E-state index contributed by atoms with van der Waals surface area (Å²) in [7, 11) is 0. The van der Waals surface area contributed by atoms with Crippen LogP contribution in [0, 0.1) is 11.7 Å². The SMILES string of the molecule is O=C(c1ccccc1)C1CCN(C(=O)c2cccnc2SCc2ccc(F)cc2)CC1. The van der Waals surface area contributed by atoms with E-state index in [9.17, 15) is 14.0 Å². The number of amides is 1. The van der Waals surface area contributed by atoms with Crippen LogP contribution in [-0.2, 0) is 5.75 Å². The van der Waals surface area contributed by atoms with Crippen LogP contribution in [0.4, 0.5) is 4.39 Å². The fourth-order valence-electron chi connectivity index (χ4n) is 3.75. The predicted octanol–water partition coefficient (Wildman–Crippen LogP) is 5.25. The van der Waals surface area contributed by atoms with Gasteiger partial charge in [-0.05, 0) is 42.7 Å². The topological polar surface area (TPSA) is 50.3 Å². The first-order valence-corrected chi connectivity index (χ1v) is 11.3. The van der Waals surface area contributed by atoms with E-state index in [2.05, 4.69) is 4.98 Å². The smallest absolute Gasteiger partial charge is 0.256 e. The molecule has 0 saturated carbocycles. The van der Waals surface area contributed by atoms with Crippen molar-refractivity contribution in [2.45, 2.75) is 23.6 Å². The summed E-state index contributed by atoms with van der Waals surface area (Å²) in [6.07, 6.45) is 3.00. The Morgan fingerprint density at radius 1 is 0.968 bits per heavy atom. The number of carbonyl (C=O) groups excluding carboxylic acids is 2. The van der Waals surface area contributed by atoms with E-state index < -0.39 is 0 Å². The highest BCUT2D eigenvalue weighted by atomic mass is 32.2. The predicted molar refractivity (Wildman–Crippen MR) is 120 cm³/mol. The Balaban J connectivity index is 1.39. The Morgan fingerprint density at radius 3 is 2.39 bits per heavy atom. The zero-order valence-electron chi connectivity index (χ0n) is 17.0. The van der Waals surface area contributed by atoms with Crippen molar-refractivity contribution >= 4 is 23.5 Å². The van der Waals surface area contributed by atoms with Gasteiger partial charge in [-0.25, -0.2) is 9.37 Å². The van der Waals surface area contributed by atoms with E-state index in [-0.39, 0.29) is 23.4 Å². The van der Waals surface area contributed by atoms with Gasteiger partial charge < -0.3 is 4.90 Å². The molecule has 1 amide bonds. The van der Waals surface area contributed by atoms with Crippen molar-refractivity contribution in [2.24, 2.45) is 5.92 Å². The van der Waals surface area contributed by atoms with E-state index in [1.54, 1.807) is 30.5 Å². The Morgan fingerprint density at radius 2 is 1.68 bits per heavy atom. The standard InChI is InChI=1S/C25H23FN2O2S/c26-21-10-8-18(9-11-21)17-31-24-22(7-4-14-27-24)25(30)28-15-12-20(13-16-28)23(29)19-5-2-1-3-6-19/h1-11,14,20H,12-13,15-17H2. The Labute approximate surface area is 185 Å². The van der Waals surface area contributed by atoms with Gasteiger partial charge in [0, 0.05) is 36.5 Å². The first-order valence-electron chi connectivity index (χ1n) is 10.3. The maximum Gasteiger partial charge on any atom is 0.256 e. The van der Waals surface area contributed by atoms with Crippen molar-refractivity contribution in [2.75, 3.05) is 13.1 Å². The van der Waals surface area contributed by atoms with Gasteiger partial charge in [-0.1, -0.05) is 42.5 Å². The Bertz CT molecular complexity index is 1050. The minimum atomic E-state index is -0.267. The zero-order valence-corrected chi connectivity index (χ0v) is 17.9. The minimum Gasteiger partial charge on any atom is -0.339 e. The maximum absolute atomic E-state index is 13.2. The third kappa shape index (κ3) is 5.20. The van der Waals surface area contributed by atoms with Crippen molar-refractivity contribution in [3.8, 4) is 0 Å². The van der Waals surface area contributed by atoms with Crippen LogP contribution in [0.15, 0.2) is 78.0 Å². The summed E-state index contributed by atoms with van der Waals surface area (Å²) in [4.78, 5) is 32.1. The number of thioether (sulfide) groups is 1. The molecule has 1 aromatic heterocycles. The van der Waals surface area contributed by atoms with Gasteiger partial charge in [0.1, 0.15) is 10.8 Å². The molecule has 1 aliphatic rings. The molecule has 2 aromatic carbocycles. The lowest BCUT2D eigenvalue weighted by molar-refractivity contribution is 0.0647. The fraction of sp³-hybridized carbons (Fsp3) is 0.240. The number of aromatic nitrogens is 1. The molecule has 0 aliphatic carbocycles. The molecule has 0 atom stereocenters. The van der Waals surface area contributed by atoms with Crippen molar-refractivity contribution in [3.05, 3.63) is 95.4 Å². The van der Waals surface area contributed by atoms with E-state index in [1.807, 2.05) is 35.2 Å². The van der Waals surface area contributed by atoms with E-state index in [1.165, 1.54) is 23.9 Å². The number of likely N-dealkylation sites (tertiary alicyclic amines) is 1. The van der Waals surface area contributed by atoms with Gasteiger partial charge >= 0.3 is 0 Å². The molecule has 158 valence electrons. The van der Waals surface area contributed by atoms with Gasteiger partial charge in [-0.2, -0.15) is 0 Å². The van der Waals surface area contributed by atoms with Gasteiger partial charge in [0.15, 0.2) is 5.78 Å². The number of piperidine rings is 1. The third-order valence-corrected chi connectivity index (χ3v) is 6.58. The molecule has 1 saturated heterocycles. The van der Waals surface area contributed by atoms with E-state index >= 15 is 0 Å². The molecule has 31 heavy (non-hydrogen) atoms.